The summed E-state index contributed by atoms with van der Waals surface area (Å²) in [5.41, 5.74) is 12.6. The zero-order valence-electron chi connectivity index (χ0n) is 10.6. The highest BCUT2D eigenvalue weighted by Crippen LogP contribution is 2.29. The van der Waals surface area contributed by atoms with Crippen LogP contribution in [0.25, 0.3) is 0 Å². The quantitative estimate of drug-likeness (QED) is 0.741. The third-order valence-corrected chi connectivity index (χ3v) is 3.76. The van der Waals surface area contributed by atoms with Gasteiger partial charge in [0.25, 0.3) is 5.91 Å². The van der Waals surface area contributed by atoms with Crippen molar-refractivity contribution in [2.24, 2.45) is 17.4 Å². The molecule has 0 aliphatic heterocycles. The first-order valence-electron chi connectivity index (χ1n) is 6.58. The van der Waals surface area contributed by atoms with Crippen molar-refractivity contribution in [1.82, 2.24) is 0 Å². The highest BCUT2D eigenvalue weighted by atomic mass is 16.1. The molecule has 1 aliphatic carbocycles. The molecule has 0 saturated heterocycles. The fourth-order valence-corrected chi connectivity index (χ4v) is 2.75. The molecule has 5 N–H and O–H groups in total. The molecule has 2 rings (SSSR count). The van der Waals surface area contributed by atoms with Crippen LogP contribution in [0, 0.1) is 5.92 Å². The first-order chi connectivity index (χ1) is 8.72. The third-order valence-electron chi connectivity index (χ3n) is 3.76. The van der Waals surface area contributed by atoms with Crippen molar-refractivity contribution < 1.29 is 4.79 Å². The van der Waals surface area contributed by atoms with Crippen LogP contribution in [-0.4, -0.2) is 18.5 Å². The lowest BCUT2D eigenvalue weighted by molar-refractivity contribution is 0.100. The Bertz CT molecular complexity index is 413. The number of hydrogen-bond donors (Lipinski definition) is 3. The second-order valence-corrected chi connectivity index (χ2v) is 4.94. The molecule has 1 aromatic rings. The van der Waals surface area contributed by atoms with Crippen LogP contribution in [0.4, 0.5) is 5.69 Å². The molecule has 1 fully saturated rings. The number of hydrogen-bond acceptors (Lipinski definition) is 3. The average molecular weight is 247 g/mol. The molecular weight excluding hydrogens is 226 g/mol. The normalized spacial score (nSPS) is 17.6. The van der Waals surface area contributed by atoms with Crippen LogP contribution in [0.5, 0.6) is 0 Å². The smallest absolute Gasteiger partial charge is 0.250 e. The van der Waals surface area contributed by atoms with Gasteiger partial charge in [0.15, 0.2) is 0 Å². The van der Waals surface area contributed by atoms with Crippen LogP contribution in [-0.2, 0) is 0 Å². The molecule has 0 aromatic heterocycles. The van der Waals surface area contributed by atoms with E-state index in [1.165, 1.54) is 25.7 Å². The van der Waals surface area contributed by atoms with Gasteiger partial charge in [-0.1, -0.05) is 25.0 Å². The van der Waals surface area contributed by atoms with Gasteiger partial charge in [-0.25, -0.2) is 0 Å². The fourth-order valence-electron chi connectivity index (χ4n) is 2.75. The molecule has 1 atom stereocenters. The van der Waals surface area contributed by atoms with Crippen LogP contribution in [0.1, 0.15) is 36.0 Å². The van der Waals surface area contributed by atoms with Gasteiger partial charge in [0.05, 0.1) is 5.56 Å². The number of rotatable bonds is 5. The molecule has 18 heavy (non-hydrogen) atoms. The average Bonchev–Trinajstić information content (AvgIpc) is 2.90. The summed E-state index contributed by atoms with van der Waals surface area (Å²) in [6, 6.07) is 7.58. The molecule has 4 heteroatoms. The standard InChI is InChI=1S/C14H21N3O/c15-9-13(10-5-1-2-6-10)17-12-8-4-3-7-11(12)14(16)18/h3-4,7-8,10,13,17H,1-2,5-6,9,15H2,(H2,16,18). The SMILES string of the molecule is NCC(Nc1ccccc1C(N)=O)C1CCCC1. The second-order valence-electron chi connectivity index (χ2n) is 4.94. The zero-order chi connectivity index (χ0) is 13.0. The highest BCUT2D eigenvalue weighted by Gasteiger charge is 2.24. The lowest BCUT2D eigenvalue weighted by atomic mass is 9.97. The van der Waals surface area contributed by atoms with E-state index in [9.17, 15) is 4.79 Å². The summed E-state index contributed by atoms with van der Waals surface area (Å²) in [5, 5.41) is 3.39. The molecule has 1 unspecified atom stereocenters. The number of para-hydroxylation sites is 1. The third kappa shape index (κ3) is 2.82. The van der Waals surface area contributed by atoms with Crippen molar-refractivity contribution in [3.63, 3.8) is 0 Å². The van der Waals surface area contributed by atoms with Crippen LogP contribution in [0.3, 0.4) is 0 Å². The van der Waals surface area contributed by atoms with Crippen molar-refractivity contribution in [3.05, 3.63) is 29.8 Å². The summed E-state index contributed by atoms with van der Waals surface area (Å²) in [6.07, 6.45) is 4.99. The van der Waals surface area contributed by atoms with Gasteiger partial charge >= 0.3 is 0 Å². The van der Waals surface area contributed by atoms with E-state index in [-0.39, 0.29) is 6.04 Å². The Balaban J connectivity index is 2.13. The minimum absolute atomic E-state index is 0.230. The van der Waals surface area contributed by atoms with Gasteiger partial charge in [-0.3, -0.25) is 4.79 Å². The molecule has 98 valence electrons. The van der Waals surface area contributed by atoms with E-state index in [0.29, 0.717) is 18.0 Å². The summed E-state index contributed by atoms with van der Waals surface area (Å²) in [6.45, 7) is 0.581. The lowest BCUT2D eigenvalue weighted by Gasteiger charge is -2.25. The topological polar surface area (TPSA) is 81.1 Å². The van der Waals surface area contributed by atoms with Crippen molar-refractivity contribution in [2.75, 3.05) is 11.9 Å². The predicted octanol–water partition coefficient (Wildman–Crippen LogP) is 1.71. The number of nitrogens with two attached hydrogens (primary N) is 2. The van der Waals surface area contributed by atoms with Crippen LogP contribution >= 0.6 is 0 Å². The Morgan fingerprint density at radius 3 is 2.61 bits per heavy atom. The number of primary amides is 1. The van der Waals surface area contributed by atoms with Crippen molar-refractivity contribution >= 4 is 11.6 Å². The number of carbonyl (C=O) groups excluding carboxylic acids is 1. The van der Waals surface area contributed by atoms with E-state index >= 15 is 0 Å². The second kappa shape index (κ2) is 5.87. The minimum atomic E-state index is -0.403. The van der Waals surface area contributed by atoms with E-state index < -0.39 is 5.91 Å². The van der Waals surface area contributed by atoms with E-state index in [1.807, 2.05) is 18.2 Å². The van der Waals surface area contributed by atoms with Gasteiger partial charge in [0.1, 0.15) is 0 Å². The van der Waals surface area contributed by atoms with Crippen LogP contribution in [0.2, 0.25) is 0 Å². The molecule has 0 heterocycles. The number of benzene rings is 1. The van der Waals surface area contributed by atoms with Gasteiger partial charge in [-0.15, -0.1) is 0 Å². The Hall–Kier alpha value is -1.55. The molecular formula is C14H21N3O. The summed E-state index contributed by atoms with van der Waals surface area (Å²) in [4.78, 5) is 11.4. The van der Waals surface area contributed by atoms with Gasteiger partial charge in [-0.2, -0.15) is 0 Å². The van der Waals surface area contributed by atoms with Crippen molar-refractivity contribution in [3.8, 4) is 0 Å². The molecule has 0 bridgehead atoms. The monoisotopic (exact) mass is 247 g/mol. The van der Waals surface area contributed by atoms with Crippen LogP contribution in [0.15, 0.2) is 24.3 Å². The Morgan fingerprint density at radius 2 is 2.00 bits per heavy atom. The molecule has 1 aromatic carbocycles. The number of nitrogens with one attached hydrogen (secondary N) is 1. The van der Waals surface area contributed by atoms with E-state index in [2.05, 4.69) is 5.32 Å². The summed E-state index contributed by atoms with van der Waals surface area (Å²) >= 11 is 0. The lowest BCUT2D eigenvalue weighted by Crippen LogP contribution is -2.35. The summed E-state index contributed by atoms with van der Waals surface area (Å²) < 4.78 is 0. The number of anilines is 1. The molecule has 1 saturated carbocycles. The Labute approximate surface area is 108 Å². The largest absolute Gasteiger partial charge is 0.380 e. The van der Waals surface area contributed by atoms with Gasteiger partial charge in [0, 0.05) is 18.3 Å². The first-order valence-corrected chi connectivity index (χ1v) is 6.58. The van der Waals surface area contributed by atoms with Gasteiger partial charge in [-0.05, 0) is 30.9 Å². The van der Waals surface area contributed by atoms with Crippen LogP contribution < -0.4 is 16.8 Å². The number of amides is 1. The maximum absolute atomic E-state index is 11.4. The molecule has 0 spiro atoms. The van der Waals surface area contributed by atoms with Crippen molar-refractivity contribution in [1.29, 1.82) is 0 Å². The predicted molar refractivity (Wildman–Crippen MR) is 73.4 cm³/mol. The molecule has 1 aliphatic rings. The van der Waals surface area contributed by atoms with Gasteiger partial charge in [0.2, 0.25) is 0 Å². The number of carbonyl (C=O) groups is 1. The molecule has 0 radical (unpaired) electrons. The fraction of sp³-hybridized carbons (Fsp3) is 0.500. The summed E-state index contributed by atoms with van der Waals surface area (Å²) in [7, 11) is 0. The maximum atomic E-state index is 11.4. The zero-order valence-corrected chi connectivity index (χ0v) is 10.6. The van der Waals surface area contributed by atoms with E-state index in [1.54, 1.807) is 6.07 Å². The van der Waals surface area contributed by atoms with Gasteiger partial charge < -0.3 is 16.8 Å². The van der Waals surface area contributed by atoms with Crippen molar-refractivity contribution in [2.45, 2.75) is 31.7 Å². The van der Waals surface area contributed by atoms with E-state index in [4.69, 9.17) is 11.5 Å². The highest BCUT2D eigenvalue weighted by molar-refractivity contribution is 5.98. The van der Waals surface area contributed by atoms with E-state index in [0.717, 1.165) is 5.69 Å². The Morgan fingerprint density at radius 1 is 1.33 bits per heavy atom. The first kappa shape index (κ1) is 12.9. The molecule has 1 amide bonds. The Kier molecular flexibility index (Phi) is 4.20. The molecule has 4 nitrogen and oxygen atoms in total. The summed E-state index contributed by atoms with van der Waals surface area (Å²) in [5.74, 6) is 0.205. The minimum Gasteiger partial charge on any atom is -0.380 e. The maximum Gasteiger partial charge on any atom is 0.250 e.